The number of hydrogen-bond acceptors (Lipinski definition) is 5. The van der Waals surface area contributed by atoms with E-state index in [0.717, 1.165) is 5.56 Å². The van der Waals surface area contributed by atoms with E-state index in [1.165, 1.54) is 30.3 Å². The van der Waals surface area contributed by atoms with Gasteiger partial charge in [0.2, 0.25) is 0 Å². The van der Waals surface area contributed by atoms with E-state index in [2.05, 4.69) is 20.0 Å². The number of halogens is 4. The molecule has 5 rings (SSSR count). The number of rotatable bonds is 5. The molecule has 0 radical (unpaired) electrons. The lowest BCUT2D eigenvalue weighted by Gasteiger charge is -2.28. The average molecular weight is 497 g/mol. The van der Waals surface area contributed by atoms with Crippen LogP contribution in [0.3, 0.4) is 0 Å². The first-order chi connectivity index (χ1) is 17.2. The number of carbonyl (C=O) groups is 1. The summed E-state index contributed by atoms with van der Waals surface area (Å²) in [7, 11) is 0. The molecule has 1 amide bonds. The summed E-state index contributed by atoms with van der Waals surface area (Å²) in [6, 6.07) is 14.8. The average Bonchev–Trinajstić information content (AvgIpc) is 3.27. The van der Waals surface area contributed by atoms with Crippen molar-refractivity contribution in [3.63, 3.8) is 0 Å². The Bertz CT molecular complexity index is 1400. The Balaban J connectivity index is 1.29. The van der Waals surface area contributed by atoms with E-state index in [4.69, 9.17) is 0 Å². The van der Waals surface area contributed by atoms with Crippen LogP contribution >= 0.6 is 0 Å². The van der Waals surface area contributed by atoms with Crippen LogP contribution in [0.25, 0.3) is 11.1 Å². The standard InChI is InChI=1S/C25H19F4N5O2/c26-18-2-1-3-19(13-18)31-24(35)21-14-33-10-11-34(15-23(33)32-21)22-12-17(8-9-30-22)16-4-6-20(7-5-16)36-25(27,28)29/h1-9,12-14H,10-11,15H2,(H,31,35). The van der Waals surface area contributed by atoms with Crippen molar-refractivity contribution < 1.29 is 27.1 Å². The summed E-state index contributed by atoms with van der Waals surface area (Å²) in [5.41, 5.74) is 2.05. The molecule has 2 aromatic carbocycles. The number of imidazole rings is 1. The maximum absolute atomic E-state index is 13.4. The predicted octanol–water partition coefficient (Wildman–Crippen LogP) is 5.26. The molecular weight excluding hydrogens is 478 g/mol. The Morgan fingerprint density at radius 3 is 2.56 bits per heavy atom. The molecule has 184 valence electrons. The van der Waals surface area contributed by atoms with E-state index >= 15 is 0 Å². The highest BCUT2D eigenvalue weighted by Crippen LogP contribution is 2.29. The van der Waals surface area contributed by atoms with Crippen molar-refractivity contribution in [3.05, 3.63) is 90.4 Å². The predicted molar refractivity (Wildman–Crippen MR) is 124 cm³/mol. The molecule has 0 bridgehead atoms. The van der Waals surface area contributed by atoms with E-state index in [-0.39, 0.29) is 11.4 Å². The lowest BCUT2D eigenvalue weighted by atomic mass is 10.1. The third-order valence-corrected chi connectivity index (χ3v) is 5.61. The van der Waals surface area contributed by atoms with Gasteiger partial charge < -0.3 is 19.5 Å². The minimum atomic E-state index is -4.74. The van der Waals surface area contributed by atoms with Crippen LogP contribution in [0.2, 0.25) is 0 Å². The second-order valence-corrected chi connectivity index (χ2v) is 8.10. The normalized spacial score (nSPS) is 13.3. The highest BCUT2D eigenvalue weighted by atomic mass is 19.4. The van der Waals surface area contributed by atoms with E-state index < -0.39 is 18.1 Å². The molecule has 0 aliphatic carbocycles. The molecular formula is C25H19F4N5O2. The van der Waals surface area contributed by atoms with Crippen molar-refractivity contribution in [2.75, 3.05) is 16.8 Å². The number of alkyl halides is 3. The van der Waals surface area contributed by atoms with Crippen molar-refractivity contribution in [1.82, 2.24) is 14.5 Å². The molecule has 0 atom stereocenters. The molecule has 1 N–H and O–H groups in total. The first kappa shape index (κ1) is 23.3. The summed E-state index contributed by atoms with van der Waals surface area (Å²) in [6.45, 7) is 1.59. The minimum Gasteiger partial charge on any atom is -0.406 e. The summed E-state index contributed by atoms with van der Waals surface area (Å²) >= 11 is 0. The summed E-state index contributed by atoms with van der Waals surface area (Å²) in [4.78, 5) is 23.5. The fraction of sp³-hybridized carbons (Fsp3) is 0.160. The fourth-order valence-electron chi connectivity index (χ4n) is 3.94. The summed E-state index contributed by atoms with van der Waals surface area (Å²) in [6.07, 6.45) is -1.45. The van der Waals surface area contributed by atoms with E-state index in [9.17, 15) is 22.4 Å². The monoisotopic (exact) mass is 497 g/mol. The highest BCUT2D eigenvalue weighted by molar-refractivity contribution is 6.02. The van der Waals surface area contributed by atoms with Crippen LogP contribution < -0.4 is 15.0 Å². The maximum atomic E-state index is 13.4. The van der Waals surface area contributed by atoms with Crippen LogP contribution in [-0.2, 0) is 13.1 Å². The Hall–Kier alpha value is -4.41. The first-order valence-corrected chi connectivity index (χ1v) is 10.9. The van der Waals surface area contributed by atoms with E-state index in [1.807, 2.05) is 15.5 Å². The number of aromatic nitrogens is 3. The molecule has 1 aliphatic heterocycles. The Labute approximate surface area is 203 Å². The molecule has 0 saturated carbocycles. The van der Waals surface area contributed by atoms with Gasteiger partial charge in [0.05, 0.1) is 6.54 Å². The quantitative estimate of drug-likeness (QED) is 0.381. The number of anilines is 2. The molecule has 0 saturated heterocycles. The second-order valence-electron chi connectivity index (χ2n) is 8.10. The number of benzene rings is 2. The molecule has 1 aliphatic rings. The van der Waals surface area contributed by atoms with E-state index in [0.29, 0.717) is 42.5 Å². The Kier molecular flexibility index (Phi) is 6.05. The van der Waals surface area contributed by atoms with Gasteiger partial charge in [-0.15, -0.1) is 13.2 Å². The van der Waals surface area contributed by atoms with Gasteiger partial charge in [-0.2, -0.15) is 0 Å². The van der Waals surface area contributed by atoms with E-state index in [1.54, 1.807) is 36.7 Å². The van der Waals surface area contributed by atoms with Gasteiger partial charge in [0.25, 0.3) is 5.91 Å². The van der Waals surface area contributed by atoms with Crippen LogP contribution in [-0.4, -0.2) is 33.3 Å². The number of nitrogens with zero attached hydrogens (tertiary/aromatic N) is 4. The minimum absolute atomic E-state index is 0.221. The molecule has 0 spiro atoms. The smallest absolute Gasteiger partial charge is 0.406 e. The zero-order valence-electron chi connectivity index (χ0n) is 18.7. The van der Waals surface area contributed by atoms with Gasteiger partial charge in [-0.1, -0.05) is 18.2 Å². The molecule has 7 nitrogen and oxygen atoms in total. The van der Waals surface area contributed by atoms with Crippen LogP contribution in [0.15, 0.2) is 73.1 Å². The van der Waals surface area contributed by atoms with Crippen molar-refractivity contribution in [2.24, 2.45) is 0 Å². The third-order valence-electron chi connectivity index (χ3n) is 5.61. The largest absolute Gasteiger partial charge is 0.573 e. The topological polar surface area (TPSA) is 72.3 Å². The number of fused-ring (bicyclic) bond motifs is 1. The molecule has 36 heavy (non-hydrogen) atoms. The Morgan fingerprint density at radius 1 is 1.00 bits per heavy atom. The van der Waals surface area contributed by atoms with Gasteiger partial charge in [-0.05, 0) is 53.6 Å². The van der Waals surface area contributed by atoms with Crippen molar-refractivity contribution in [2.45, 2.75) is 19.5 Å². The Morgan fingerprint density at radius 2 is 1.81 bits per heavy atom. The number of nitrogens with one attached hydrogen (secondary N) is 1. The molecule has 3 heterocycles. The lowest BCUT2D eigenvalue weighted by Crippen LogP contribution is -2.34. The van der Waals surface area contributed by atoms with Crippen LogP contribution in [0.5, 0.6) is 5.75 Å². The summed E-state index contributed by atoms with van der Waals surface area (Å²) < 4.78 is 56.4. The van der Waals surface area contributed by atoms with Gasteiger partial charge >= 0.3 is 6.36 Å². The summed E-state index contributed by atoms with van der Waals surface area (Å²) in [5, 5.41) is 2.64. The number of amides is 1. The molecule has 0 unspecified atom stereocenters. The summed E-state index contributed by atoms with van der Waals surface area (Å²) in [5.74, 6) is 0.162. The zero-order valence-corrected chi connectivity index (χ0v) is 18.7. The number of ether oxygens (including phenoxy) is 1. The number of hydrogen-bond donors (Lipinski definition) is 1. The highest BCUT2D eigenvalue weighted by Gasteiger charge is 2.31. The second kappa shape index (κ2) is 9.33. The van der Waals surface area contributed by atoms with Crippen molar-refractivity contribution in [1.29, 1.82) is 0 Å². The van der Waals surface area contributed by atoms with Gasteiger partial charge in [0, 0.05) is 31.2 Å². The zero-order chi connectivity index (χ0) is 25.3. The fourth-order valence-corrected chi connectivity index (χ4v) is 3.94. The van der Waals surface area contributed by atoms with Crippen molar-refractivity contribution >= 4 is 17.4 Å². The number of carbonyl (C=O) groups excluding carboxylic acids is 1. The first-order valence-electron chi connectivity index (χ1n) is 10.9. The van der Waals surface area contributed by atoms with Crippen LogP contribution in [0, 0.1) is 5.82 Å². The molecule has 11 heteroatoms. The SMILES string of the molecule is O=C(Nc1cccc(F)c1)c1cn2c(n1)CN(c1cc(-c3ccc(OC(F)(F)F)cc3)ccn1)CC2. The molecule has 0 fully saturated rings. The van der Waals surface area contributed by atoms with Gasteiger partial charge in [0.15, 0.2) is 0 Å². The van der Waals surface area contributed by atoms with Crippen molar-refractivity contribution in [3.8, 4) is 16.9 Å². The molecule has 4 aromatic rings. The van der Waals surface area contributed by atoms with Gasteiger partial charge in [0.1, 0.15) is 28.9 Å². The van der Waals surface area contributed by atoms with Crippen LogP contribution in [0.4, 0.5) is 29.1 Å². The third kappa shape index (κ3) is 5.29. The van der Waals surface area contributed by atoms with Crippen LogP contribution in [0.1, 0.15) is 16.3 Å². The van der Waals surface area contributed by atoms with Gasteiger partial charge in [-0.3, -0.25) is 4.79 Å². The molecule has 2 aromatic heterocycles. The maximum Gasteiger partial charge on any atom is 0.573 e. The van der Waals surface area contributed by atoms with Gasteiger partial charge in [-0.25, -0.2) is 14.4 Å². The lowest BCUT2D eigenvalue weighted by molar-refractivity contribution is -0.274. The number of pyridine rings is 1.